The SMILES string of the molecule is O=[S-](O)=S.[Na].c1ccccc1. The van der Waals surface area contributed by atoms with Gasteiger partial charge in [0.1, 0.15) is 0 Å². The molecule has 1 aromatic rings. The minimum absolute atomic E-state index is 0. The van der Waals surface area contributed by atoms with E-state index in [2.05, 4.69) is 11.2 Å². The largest absolute Gasteiger partial charge is 0.459 e. The van der Waals surface area contributed by atoms with Crippen molar-refractivity contribution in [1.29, 1.82) is 0 Å². The fraction of sp³-hybridized carbons (Fsp3) is 0. The standard InChI is InChI=1S/C6H6.Na.HO2S2/c1-2-4-6-5-3-1;;1-4(2)3/h1-6H;;(H,1,2,3)/q;;-1. The van der Waals surface area contributed by atoms with Crippen molar-refractivity contribution in [3.63, 3.8) is 0 Å². The van der Waals surface area contributed by atoms with Crippen molar-refractivity contribution in [3.05, 3.63) is 36.4 Å². The zero-order chi connectivity index (χ0) is 7.82. The van der Waals surface area contributed by atoms with Gasteiger partial charge < -0.3 is 8.76 Å². The Balaban J connectivity index is 0. The minimum atomic E-state index is -2.03. The van der Waals surface area contributed by atoms with Crippen LogP contribution in [0.4, 0.5) is 0 Å². The smallest absolute Gasteiger partial charge is 0 e. The molecule has 0 heterocycles. The zero-order valence-electron chi connectivity index (χ0n) is 6.14. The second kappa shape index (κ2) is 10.6. The van der Waals surface area contributed by atoms with Crippen LogP contribution in [0.3, 0.4) is 0 Å². The Morgan fingerprint density at radius 1 is 1.00 bits per heavy atom. The summed E-state index contributed by atoms with van der Waals surface area (Å²) in [5.74, 6) is 0. The molecule has 0 spiro atoms. The molecule has 1 rings (SSSR count). The van der Waals surface area contributed by atoms with Crippen LogP contribution >= 0.6 is 0 Å². The quantitative estimate of drug-likeness (QED) is 0.386. The molecule has 0 aliphatic heterocycles. The summed E-state index contributed by atoms with van der Waals surface area (Å²) in [6.45, 7) is 0. The molecule has 1 radical (unpaired) electrons. The number of rotatable bonds is 0. The van der Waals surface area contributed by atoms with Crippen molar-refractivity contribution in [1.82, 2.24) is 0 Å². The molecule has 0 atom stereocenters. The van der Waals surface area contributed by atoms with E-state index in [9.17, 15) is 0 Å². The maximum atomic E-state index is 8.93. The van der Waals surface area contributed by atoms with Crippen molar-refractivity contribution in [3.8, 4) is 0 Å². The zero-order valence-corrected chi connectivity index (χ0v) is 9.77. The van der Waals surface area contributed by atoms with Gasteiger partial charge in [-0.1, -0.05) is 46.0 Å². The van der Waals surface area contributed by atoms with Gasteiger partial charge in [0.05, 0.1) is 0 Å². The van der Waals surface area contributed by atoms with E-state index in [1.54, 1.807) is 0 Å². The van der Waals surface area contributed by atoms with Gasteiger partial charge in [-0.25, -0.2) is 11.2 Å². The molecule has 1 N–H and O–H groups in total. The molecule has 11 heavy (non-hydrogen) atoms. The molecule has 0 unspecified atom stereocenters. The molecule has 0 saturated carbocycles. The van der Waals surface area contributed by atoms with E-state index in [0.29, 0.717) is 0 Å². The first-order chi connectivity index (χ1) is 4.73. The topological polar surface area (TPSA) is 37.3 Å². The van der Waals surface area contributed by atoms with E-state index in [0.717, 1.165) is 0 Å². The van der Waals surface area contributed by atoms with Crippen LogP contribution in [-0.2, 0) is 25.0 Å². The third-order valence-corrected chi connectivity index (χ3v) is 0.667. The third-order valence-electron chi connectivity index (χ3n) is 0.667. The summed E-state index contributed by atoms with van der Waals surface area (Å²) in [4.78, 5) is 0. The molecule has 0 aliphatic rings. The van der Waals surface area contributed by atoms with E-state index < -0.39 is 9.64 Å². The first-order valence-corrected chi connectivity index (χ1v) is 4.55. The van der Waals surface area contributed by atoms with Crippen LogP contribution in [0.1, 0.15) is 0 Å². The Hall–Kier alpha value is 0.550. The molecular formula is C6H7NaO2S2-. The molecular weight excluding hydrogens is 191 g/mol. The van der Waals surface area contributed by atoms with Gasteiger partial charge in [0.15, 0.2) is 0 Å². The summed E-state index contributed by atoms with van der Waals surface area (Å²) in [5, 5.41) is 0. The number of hydrogen-bond acceptors (Lipinski definition) is 3. The second-order valence-corrected chi connectivity index (χ2v) is 2.66. The van der Waals surface area contributed by atoms with E-state index in [1.807, 2.05) is 36.4 Å². The van der Waals surface area contributed by atoms with Gasteiger partial charge in [0, 0.05) is 29.6 Å². The summed E-state index contributed by atoms with van der Waals surface area (Å²) in [5.41, 5.74) is 0. The van der Waals surface area contributed by atoms with Crippen molar-refractivity contribution in [2.75, 3.05) is 0 Å². The second-order valence-electron chi connectivity index (χ2n) is 1.37. The molecule has 2 nitrogen and oxygen atoms in total. The van der Waals surface area contributed by atoms with E-state index >= 15 is 0 Å². The summed E-state index contributed by atoms with van der Waals surface area (Å²) in [6, 6.07) is 12.0. The fourth-order valence-electron chi connectivity index (χ4n) is 0.385. The normalized spacial score (nSPS) is 7.45. The Labute approximate surface area is 94.8 Å². The summed E-state index contributed by atoms with van der Waals surface area (Å²) in [6.07, 6.45) is 0. The van der Waals surface area contributed by atoms with Gasteiger partial charge >= 0.3 is 0 Å². The van der Waals surface area contributed by atoms with Gasteiger partial charge in [-0.2, -0.15) is 0 Å². The molecule has 5 heteroatoms. The van der Waals surface area contributed by atoms with Crippen LogP contribution in [0.15, 0.2) is 36.4 Å². The number of hydrogen-bond donors (Lipinski definition) is 1. The minimum Gasteiger partial charge on any atom is -0.459 e. The number of benzene rings is 1. The Morgan fingerprint density at radius 3 is 1.18 bits per heavy atom. The molecule has 57 valence electrons. The third kappa shape index (κ3) is 18.0. The maximum Gasteiger partial charge on any atom is 0 e. The van der Waals surface area contributed by atoms with Crippen molar-refractivity contribution in [2.24, 2.45) is 0 Å². The Bertz CT molecular complexity index is 189. The first-order valence-electron chi connectivity index (χ1n) is 2.52. The van der Waals surface area contributed by atoms with Crippen molar-refractivity contribution < 1.29 is 8.76 Å². The van der Waals surface area contributed by atoms with Gasteiger partial charge in [-0.05, 0) is 0 Å². The predicted molar refractivity (Wildman–Crippen MR) is 50.2 cm³/mol. The Kier molecular flexibility index (Phi) is 13.5. The van der Waals surface area contributed by atoms with Crippen molar-refractivity contribution >= 4 is 50.4 Å². The van der Waals surface area contributed by atoms with Gasteiger partial charge in [-0.3, -0.25) is 0 Å². The average molecular weight is 198 g/mol. The first kappa shape index (κ1) is 14.1. The summed E-state index contributed by atoms with van der Waals surface area (Å²) < 4.78 is 16.3. The van der Waals surface area contributed by atoms with E-state index in [-0.39, 0.29) is 29.6 Å². The Morgan fingerprint density at radius 2 is 1.09 bits per heavy atom. The monoisotopic (exact) mass is 198 g/mol. The molecule has 0 fully saturated rings. The molecule has 0 aliphatic carbocycles. The van der Waals surface area contributed by atoms with Gasteiger partial charge in [-0.15, -0.1) is 0 Å². The molecule has 0 bridgehead atoms. The summed E-state index contributed by atoms with van der Waals surface area (Å²) in [7, 11) is -2.03. The molecule has 0 saturated heterocycles. The van der Waals surface area contributed by atoms with Crippen molar-refractivity contribution in [2.45, 2.75) is 0 Å². The van der Waals surface area contributed by atoms with Crippen LogP contribution < -0.4 is 0 Å². The van der Waals surface area contributed by atoms with Crippen LogP contribution in [0.5, 0.6) is 0 Å². The van der Waals surface area contributed by atoms with Crippen LogP contribution in [-0.4, -0.2) is 34.1 Å². The maximum absolute atomic E-state index is 8.93. The molecule has 1 aromatic carbocycles. The van der Waals surface area contributed by atoms with Gasteiger partial charge in [0.25, 0.3) is 0 Å². The van der Waals surface area contributed by atoms with E-state index in [4.69, 9.17) is 8.76 Å². The predicted octanol–water partition coefficient (Wildman–Crippen LogP) is 1.19. The molecule has 0 aromatic heterocycles. The fourth-order valence-corrected chi connectivity index (χ4v) is 0.385. The van der Waals surface area contributed by atoms with Crippen LogP contribution in [0.2, 0.25) is 0 Å². The molecule has 0 amide bonds. The summed E-state index contributed by atoms with van der Waals surface area (Å²) >= 11 is 3.65. The van der Waals surface area contributed by atoms with Gasteiger partial charge in [0.2, 0.25) is 0 Å². The van der Waals surface area contributed by atoms with Crippen LogP contribution in [0, 0.1) is 0 Å². The van der Waals surface area contributed by atoms with Crippen LogP contribution in [0.25, 0.3) is 0 Å². The average Bonchev–Trinajstić information content (AvgIpc) is 1.90. The van der Waals surface area contributed by atoms with E-state index in [1.165, 1.54) is 0 Å².